The summed E-state index contributed by atoms with van der Waals surface area (Å²) in [6, 6.07) is 5.98. The molecule has 0 atom stereocenters. The van der Waals surface area contributed by atoms with E-state index in [1.54, 1.807) is 0 Å². The first-order valence-corrected chi connectivity index (χ1v) is 8.53. The molecular formula is C17H25Cl2N. The highest BCUT2D eigenvalue weighted by molar-refractivity contribution is 6.35. The minimum Gasteiger partial charge on any atom is -0.316 e. The van der Waals surface area contributed by atoms with Crippen LogP contribution < -0.4 is 5.32 Å². The molecule has 0 saturated heterocycles. The van der Waals surface area contributed by atoms with E-state index in [9.17, 15) is 0 Å². The molecule has 1 N–H and O–H groups in total. The summed E-state index contributed by atoms with van der Waals surface area (Å²) in [6.07, 6.45) is 6.28. The maximum absolute atomic E-state index is 6.45. The summed E-state index contributed by atoms with van der Waals surface area (Å²) >= 11 is 12.5. The molecule has 0 radical (unpaired) electrons. The van der Waals surface area contributed by atoms with E-state index >= 15 is 0 Å². The zero-order valence-corrected chi connectivity index (χ0v) is 14.0. The van der Waals surface area contributed by atoms with Gasteiger partial charge in [-0.05, 0) is 49.4 Å². The van der Waals surface area contributed by atoms with Crippen LogP contribution in [0.4, 0.5) is 0 Å². The predicted molar refractivity (Wildman–Crippen MR) is 88.9 cm³/mol. The van der Waals surface area contributed by atoms with Crippen LogP contribution in [0, 0.1) is 5.92 Å². The van der Waals surface area contributed by atoms with E-state index in [2.05, 4.69) is 25.2 Å². The molecule has 1 nitrogen and oxygen atoms in total. The topological polar surface area (TPSA) is 12.0 Å². The number of hydrogen-bond acceptors (Lipinski definition) is 1. The van der Waals surface area contributed by atoms with Gasteiger partial charge in [0.1, 0.15) is 0 Å². The Kier molecular flexibility index (Phi) is 5.77. The summed E-state index contributed by atoms with van der Waals surface area (Å²) in [5.74, 6) is 0.857. The van der Waals surface area contributed by atoms with Gasteiger partial charge in [-0.25, -0.2) is 0 Å². The van der Waals surface area contributed by atoms with Gasteiger partial charge in [0.2, 0.25) is 0 Å². The van der Waals surface area contributed by atoms with E-state index in [-0.39, 0.29) is 5.41 Å². The lowest BCUT2D eigenvalue weighted by atomic mass is 9.57. The Morgan fingerprint density at radius 1 is 1.20 bits per heavy atom. The van der Waals surface area contributed by atoms with Crippen LogP contribution in [-0.4, -0.2) is 13.1 Å². The summed E-state index contributed by atoms with van der Waals surface area (Å²) in [4.78, 5) is 0. The van der Waals surface area contributed by atoms with E-state index < -0.39 is 0 Å². The van der Waals surface area contributed by atoms with Crippen molar-refractivity contribution in [3.8, 4) is 0 Å². The molecule has 3 heteroatoms. The van der Waals surface area contributed by atoms with Crippen molar-refractivity contribution in [3.63, 3.8) is 0 Å². The predicted octanol–water partition coefficient (Wildman–Crippen LogP) is 5.44. The Morgan fingerprint density at radius 3 is 2.55 bits per heavy atom. The lowest BCUT2D eigenvalue weighted by molar-refractivity contribution is 0.129. The summed E-state index contributed by atoms with van der Waals surface area (Å²) in [5, 5.41) is 5.14. The van der Waals surface area contributed by atoms with Gasteiger partial charge in [-0.15, -0.1) is 0 Å². The van der Waals surface area contributed by atoms with Crippen molar-refractivity contribution >= 4 is 23.2 Å². The number of rotatable bonds is 7. The van der Waals surface area contributed by atoms with Crippen molar-refractivity contribution in [1.29, 1.82) is 0 Å². The third-order valence-corrected chi connectivity index (χ3v) is 5.00. The minimum atomic E-state index is 0.219. The number of halogens is 2. The summed E-state index contributed by atoms with van der Waals surface area (Å²) in [5.41, 5.74) is 1.50. The van der Waals surface area contributed by atoms with Gasteiger partial charge in [0.25, 0.3) is 0 Å². The van der Waals surface area contributed by atoms with E-state index in [0.717, 1.165) is 29.1 Å². The molecule has 1 aromatic carbocycles. The average molecular weight is 314 g/mol. The van der Waals surface area contributed by atoms with Crippen molar-refractivity contribution in [1.82, 2.24) is 5.32 Å². The van der Waals surface area contributed by atoms with Crippen LogP contribution in [0.3, 0.4) is 0 Å². The highest BCUT2D eigenvalue weighted by Crippen LogP contribution is 2.51. The van der Waals surface area contributed by atoms with Gasteiger partial charge >= 0.3 is 0 Å². The van der Waals surface area contributed by atoms with Crippen LogP contribution in [0.2, 0.25) is 10.0 Å². The molecule has 1 aromatic rings. The minimum absolute atomic E-state index is 0.219. The van der Waals surface area contributed by atoms with Gasteiger partial charge in [-0.1, -0.05) is 56.0 Å². The molecule has 0 heterocycles. The van der Waals surface area contributed by atoms with Crippen molar-refractivity contribution < 1.29 is 0 Å². The molecule has 20 heavy (non-hydrogen) atoms. The van der Waals surface area contributed by atoms with Crippen LogP contribution in [0.5, 0.6) is 0 Å². The largest absolute Gasteiger partial charge is 0.316 e. The first-order valence-electron chi connectivity index (χ1n) is 7.77. The normalized spacial score (nSPS) is 25.5. The quantitative estimate of drug-likeness (QED) is 0.661. The molecule has 0 spiro atoms. The van der Waals surface area contributed by atoms with Gasteiger partial charge < -0.3 is 5.32 Å². The van der Waals surface area contributed by atoms with Crippen LogP contribution in [0.1, 0.15) is 51.5 Å². The van der Waals surface area contributed by atoms with Crippen LogP contribution in [0.25, 0.3) is 0 Å². The van der Waals surface area contributed by atoms with E-state index in [4.69, 9.17) is 23.2 Å². The zero-order chi connectivity index (χ0) is 14.6. The van der Waals surface area contributed by atoms with E-state index in [1.807, 2.05) is 12.1 Å². The third kappa shape index (κ3) is 3.50. The number of nitrogens with one attached hydrogen (secondary N) is 1. The average Bonchev–Trinajstić information content (AvgIpc) is 2.36. The second-order valence-electron chi connectivity index (χ2n) is 6.14. The van der Waals surface area contributed by atoms with Gasteiger partial charge in [0, 0.05) is 22.0 Å². The first-order chi connectivity index (χ1) is 9.61. The fourth-order valence-electron chi connectivity index (χ4n) is 3.54. The van der Waals surface area contributed by atoms with Crippen molar-refractivity contribution in [3.05, 3.63) is 33.8 Å². The summed E-state index contributed by atoms with van der Waals surface area (Å²) in [6.45, 7) is 6.58. The standard InChI is InChI=1S/C17H25Cl2N/c1-3-5-13-10-17(11-13,12-20-8-4-2)15-7-6-14(18)9-16(15)19/h6-7,9,13,20H,3-5,8,10-12H2,1-2H3. The van der Waals surface area contributed by atoms with E-state index in [1.165, 1.54) is 37.7 Å². The van der Waals surface area contributed by atoms with Crippen LogP contribution in [0.15, 0.2) is 18.2 Å². The smallest absolute Gasteiger partial charge is 0.0458 e. The SMILES string of the molecule is CCCNCC1(c2ccc(Cl)cc2Cl)CC(CCC)C1. The van der Waals surface area contributed by atoms with E-state index in [0.29, 0.717) is 0 Å². The Bertz CT molecular complexity index is 433. The maximum atomic E-state index is 6.45. The second-order valence-corrected chi connectivity index (χ2v) is 6.99. The zero-order valence-electron chi connectivity index (χ0n) is 12.5. The molecule has 1 aliphatic carbocycles. The van der Waals surface area contributed by atoms with Gasteiger partial charge in [0.05, 0.1) is 0 Å². The summed E-state index contributed by atoms with van der Waals surface area (Å²) in [7, 11) is 0. The molecule has 0 unspecified atom stereocenters. The van der Waals surface area contributed by atoms with Gasteiger partial charge in [0.15, 0.2) is 0 Å². The lowest BCUT2D eigenvalue weighted by Crippen LogP contribution is -2.49. The molecular weight excluding hydrogens is 289 g/mol. The molecule has 112 valence electrons. The van der Waals surface area contributed by atoms with Crippen LogP contribution in [-0.2, 0) is 5.41 Å². The lowest BCUT2D eigenvalue weighted by Gasteiger charge is -2.49. The van der Waals surface area contributed by atoms with Crippen molar-refractivity contribution in [2.45, 2.75) is 51.4 Å². The fraction of sp³-hybridized carbons (Fsp3) is 0.647. The maximum Gasteiger partial charge on any atom is 0.0458 e. The number of hydrogen-bond donors (Lipinski definition) is 1. The Morgan fingerprint density at radius 2 is 1.95 bits per heavy atom. The molecule has 0 amide bonds. The Labute approximate surface area is 133 Å². The molecule has 1 aliphatic rings. The monoisotopic (exact) mass is 313 g/mol. The van der Waals surface area contributed by atoms with Crippen molar-refractivity contribution in [2.75, 3.05) is 13.1 Å². The molecule has 1 saturated carbocycles. The highest BCUT2D eigenvalue weighted by Gasteiger charge is 2.45. The number of benzene rings is 1. The van der Waals surface area contributed by atoms with Gasteiger partial charge in [-0.2, -0.15) is 0 Å². The Hall–Kier alpha value is -0.240. The third-order valence-electron chi connectivity index (χ3n) is 4.45. The van der Waals surface area contributed by atoms with Gasteiger partial charge in [-0.3, -0.25) is 0 Å². The molecule has 0 aliphatic heterocycles. The van der Waals surface area contributed by atoms with Crippen molar-refractivity contribution in [2.24, 2.45) is 5.92 Å². The summed E-state index contributed by atoms with van der Waals surface area (Å²) < 4.78 is 0. The molecule has 1 fully saturated rings. The molecule has 0 aromatic heterocycles. The Balaban J connectivity index is 2.14. The molecule has 2 rings (SSSR count). The van der Waals surface area contributed by atoms with Crippen LogP contribution >= 0.6 is 23.2 Å². The molecule has 0 bridgehead atoms. The first kappa shape index (κ1) is 16.1. The fourth-order valence-corrected chi connectivity index (χ4v) is 4.15. The highest BCUT2D eigenvalue weighted by atomic mass is 35.5. The second kappa shape index (κ2) is 7.15.